The molecule has 1 aliphatic heterocycles. The van der Waals surface area contributed by atoms with E-state index in [4.69, 9.17) is 4.52 Å². The van der Waals surface area contributed by atoms with Crippen molar-refractivity contribution in [2.45, 2.75) is 32.4 Å². The monoisotopic (exact) mass is 371 g/mol. The Morgan fingerprint density at radius 2 is 2.15 bits per heavy atom. The molecule has 0 bridgehead atoms. The lowest BCUT2D eigenvalue weighted by Gasteiger charge is -2.38. The van der Waals surface area contributed by atoms with E-state index in [1.807, 2.05) is 13.8 Å². The molecule has 0 aliphatic carbocycles. The Morgan fingerprint density at radius 1 is 1.44 bits per heavy atom. The van der Waals surface area contributed by atoms with Crippen LogP contribution >= 0.6 is 0 Å². The van der Waals surface area contributed by atoms with Crippen LogP contribution in [-0.4, -0.2) is 40.5 Å². The van der Waals surface area contributed by atoms with Crippen molar-refractivity contribution in [1.82, 2.24) is 15.4 Å². The fourth-order valence-corrected chi connectivity index (χ4v) is 3.12. The molecule has 27 heavy (non-hydrogen) atoms. The third-order valence-electron chi connectivity index (χ3n) is 4.50. The maximum atomic E-state index is 13.1. The first-order valence-electron chi connectivity index (χ1n) is 8.85. The van der Waals surface area contributed by atoms with E-state index in [1.165, 1.54) is 23.1 Å². The van der Waals surface area contributed by atoms with Crippen molar-refractivity contribution in [3.05, 3.63) is 54.5 Å². The molecule has 7 heteroatoms. The molecule has 1 N–H and O–H groups in total. The number of benzene rings is 1. The molecule has 0 spiro atoms. The SMILES string of the molecule is C=C[C@H]1CN(C(=O)c2cc(-c3ccc(F)cc3)on2)[C@@H](CC(C)C)C(=O)N1. The number of carbonyl (C=O) groups excluding carboxylic acids is 2. The zero-order chi connectivity index (χ0) is 19.6. The maximum Gasteiger partial charge on any atom is 0.276 e. The Hall–Kier alpha value is -2.96. The minimum atomic E-state index is -0.570. The number of hydrogen-bond acceptors (Lipinski definition) is 4. The molecular formula is C20H22FN3O3. The summed E-state index contributed by atoms with van der Waals surface area (Å²) in [5.41, 5.74) is 0.725. The number of nitrogens with zero attached hydrogens (tertiary/aromatic N) is 2. The van der Waals surface area contributed by atoms with Gasteiger partial charge in [-0.1, -0.05) is 25.1 Å². The third-order valence-corrected chi connectivity index (χ3v) is 4.50. The van der Waals surface area contributed by atoms with Gasteiger partial charge in [0.15, 0.2) is 11.5 Å². The quantitative estimate of drug-likeness (QED) is 0.820. The van der Waals surface area contributed by atoms with Gasteiger partial charge < -0.3 is 14.7 Å². The van der Waals surface area contributed by atoms with Crippen LogP contribution in [0, 0.1) is 11.7 Å². The molecule has 0 radical (unpaired) electrons. The second-order valence-corrected chi connectivity index (χ2v) is 7.04. The first-order chi connectivity index (χ1) is 12.9. The summed E-state index contributed by atoms with van der Waals surface area (Å²) in [6.45, 7) is 8.02. The number of nitrogens with one attached hydrogen (secondary N) is 1. The zero-order valence-electron chi connectivity index (χ0n) is 15.3. The van der Waals surface area contributed by atoms with Crippen molar-refractivity contribution in [1.29, 1.82) is 0 Å². The third kappa shape index (κ3) is 4.07. The van der Waals surface area contributed by atoms with Gasteiger partial charge in [-0.3, -0.25) is 9.59 Å². The normalized spacial score (nSPS) is 19.9. The summed E-state index contributed by atoms with van der Waals surface area (Å²) in [7, 11) is 0. The first kappa shape index (κ1) is 18.8. The molecule has 6 nitrogen and oxygen atoms in total. The van der Waals surface area contributed by atoms with Gasteiger partial charge in [-0.2, -0.15) is 0 Å². The van der Waals surface area contributed by atoms with E-state index in [-0.39, 0.29) is 35.3 Å². The number of aromatic nitrogens is 1. The summed E-state index contributed by atoms with van der Waals surface area (Å²) in [6.07, 6.45) is 2.15. The maximum absolute atomic E-state index is 13.1. The second-order valence-electron chi connectivity index (χ2n) is 7.04. The van der Waals surface area contributed by atoms with Gasteiger partial charge in [-0.15, -0.1) is 6.58 Å². The van der Waals surface area contributed by atoms with Crippen LogP contribution in [0.15, 0.2) is 47.5 Å². The van der Waals surface area contributed by atoms with E-state index < -0.39 is 6.04 Å². The van der Waals surface area contributed by atoms with Gasteiger partial charge in [0.2, 0.25) is 5.91 Å². The smallest absolute Gasteiger partial charge is 0.276 e. The van der Waals surface area contributed by atoms with Crippen LogP contribution in [0.3, 0.4) is 0 Å². The fraction of sp³-hybridized carbons (Fsp3) is 0.350. The number of rotatable bonds is 5. The van der Waals surface area contributed by atoms with Crippen LogP contribution in [0.4, 0.5) is 4.39 Å². The van der Waals surface area contributed by atoms with Gasteiger partial charge in [0.1, 0.15) is 11.9 Å². The summed E-state index contributed by atoms with van der Waals surface area (Å²) in [5, 5.41) is 6.73. The molecule has 2 amide bonds. The molecule has 0 unspecified atom stereocenters. The van der Waals surface area contributed by atoms with Crippen LogP contribution in [0.2, 0.25) is 0 Å². The highest BCUT2D eigenvalue weighted by Gasteiger charge is 2.38. The Labute approximate surface area is 157 Å². The number of piperazine rings is 1. The molecule has 2 aromatic rings. The summed E-state index contributed by atoms with van der Waals surface area (Å²) < 4.78 is 18.3. The Kier molecular flexibility index (Phi) is 5.39. The Morgan fingerprint density at radius 3 is 2.78 bits per heavy atom. The second kappa shape index (κ2) is 7.73. The molecule has 1 aliphatic rings. The number of hydrogen-bond donors (Lipinski definition) is 1. The van der Waals surface area contributed by atoms with Crippen molar-refractivity contribution in [2.75, 3.05) is 6.54 Å². The lowest BCUT2D eigenvalue weighted by molar-refractivity contribution is -0.129. The molecule has 1 aromatic heterocycles. The van der Waals surface area contributed by atoms with E-state index in [0.29, 0.717) is 24.3 Å². The van der Waals surface area contributed by atoms with Gasteiger partial charge in [0, 0.05) is 18.2 Å². The van der Waals surface area contributed by atoms with Gasteiger partial charge >= 0.3 is 0 Å². The average Bonchev–Trinajstić information content (AvgIpc) is 3.13. The standard InChI is InChI=1S/C20H22FN3O3/c1-4-15-11-24(17(9-12(2)3)19(25)22-15)20(26)16-10-18(27-23-16)13-5-7-14(21)8-6-13/h4-8,10,12,15,17H,1,9,11H2,2-3H3,(H,22,25)/t15-,17-/m0/s1. The topological polar surface area (TPSA) is 75.4 Å². The minimum Gasteiger partial charge on any atom is -0.355 e. The van der Waals surface area contributed by atoms with Crippen molar-refractivity contribution in [3.63, 3.8) is 0 Å². The minimum absolute atomic E-state index is 0.112. The summed E-state index contributed by atoms with van der Waals surface area (Å²) in [5.74, 6) is -0.334. The van der Waals surface area contributed by atoms with Crippen molar-refractivity contribution in [2.24, 2.45) is 5.92 Å². The number of carbonyl (C=O) groups is 2. The molecular weight excluding hydrogens is 349 g/mol. The molecule has 142 valence electrons. The largest absolute Gasteiger partial charge is 0.355 e. The van der Waals surface area contributed by atoms with Crippen LogP contribution in [-0.2, 0) is 4.79 Å². The average molecular weight is 371 g/mol. The van der Waals surface area contributed by atoms with Gasteiger partial charge in [-0.05, 0) is 36.6 Å². The highest BCUT2D eigenvalue weighted by molar-refractivity contribution is 5.97. The first-order valence-corrected chi connectivity index (χ1v) is 8.85. The van der Waals surface area contributed by atoms with E-state index in [9.17, 15) is 14.0 Å². The summed E-state index contributed by atoms with van der Waals surface area (Å²) in [6, 6.07) is 6.34. The Balaban J connectivity index is 1.86. The highest BCUT2D eigenvalue weighted by Crippen LogP contribution is 2.24. The van der Waals surface area contributed by atoms with Crippen LogP contribution in [0.5, 0.6) is 0 Å². The van der Waals surface area contributed by atoms with Gasteiger partial charge in [0.25, 0.3) is 5.91 Å². The van der Waals surface area contributed by atoms with E-state index in [1.54, 1.807) is 18.2 Å². The van der Waals surface area contributed by atoms with Crippen LogP contribution in [0.25, 0.3) is 11.3 Å². The van der Waals surface area contributed by atoms with E-state index in [2.05, 4.69) is 17.1 Å². The van der Waals surface area contributed by atoms with Crippen molar-refractivity contribution in [3.8, 4) is 11.3 Å². The van der Waals surface area contributed by atoms with E-state index >= 15 is 0 Å². The predicted octanol–water partition coefficient (Wildman–Crippen LogP) is 3.02. The summed E-state index contributed by atoms with van der Waals surface area (Å²) in [4.78, 5) is 27.0. The molecule has 3 rings (SSSR count). The fourth-order valence-electron chi connectivity index (χ4n) is 3.12. The molecule has 1 fully saturated rings. The Bertz CT molecular complexity index is 844. The molecule has 1 saturated heterocycles. The number of amides is 2. The van der Waals surface area contributed by atoms with Gasteiger partial charge in [-0.25, -0.2) is 4.39 Å². The highest BCUT2D eigenvalue weighted by atomic mass is 19.1. The predicted molar refractivity (Wildman–Crippen MR) is 98.3 cm³/mol. The van der Waals surface area contributed by atoms with Gasteiger partial charge in [0.05, 0.1) is 6.04 Å². The molecule has 1 aromatic carbocycles. The summed E-state index contributed by atoms with van der Waals surface area (Å²) >= 11 is 0. The molecule has 2 heterocycles. The molecule has 2 atom stereocenters. The van der Waals surface area contributed by atoms with Crippen molar-refractivity contribution >= 4 is 11.8 Å². The lowest BCUT2D eigenvalue weighted by atomic mass is 9.97. The van der Waals surface area contributed by atoms with Crippen LogP contribution < -0.4 is 5.32 Å². The lowest BCUT2D eigenvalue weighted by Crippen LogP contribution is -2.61. The zero-order valence-corrected chi connectivity index (χ0v) is 15.3. The number of halogens is 1. The van der Waals surface area contributed by atoms with E-state index in [0.717, 1.165) is 0 Å². The molecule has 0 saturated carbocycles. The van der Waals surface area contributed by atoms with Crippen molar-refractivity contribution < 1.29 is 18.5 Å². The van der Waals surface area contributed by atoms with Crippen LogP contribution in [0.1, 0.15) is 30.8 Å².